The summed E-state index contributed by atoms with van der Waals surface area (Å²) in [6.45, 7) is 3.84. The van der Waals surface area contributed by atoms with Crippen LogP contribution in [0.15, 0.2) is 59.1 Å². The van der Waals surface area contributed by atoms with Gasteiger partial charge >= 0.3 is 0 Å². The normalized spacial score (nSPS) is 10.8. The molecule has 0 radical (unpaired) electrons. The van der Waals surface area contributed by atoms with Gasteiger partial charge in [0.1, 0.15) is 6.61 Å². The summed E-state index contributed by atoms with van der Waals surface area (Å²) < 4.78 is 12.3. The first-order chi connectivity index (χ1) is 14.0. The molecule has 0 unspecified atom stereocenters. The highest BCUT2D eigenvalue weighted by Crippen LogP contribution is 2.38. The van der Waals surface area contributed by atoms with Crippen LogP contribution in [0.2, 0.25) is 10.0 Å². The number of hydrogen-bond donors (Lipinski definition) is 1. The highest BCUT2D eigenvalue weighted by atomic mass is 79.9. The molecule has 0 atom stereocenters. The van der Waals surface area contributed by atoms with Crippen molar-refractivity contribution in [2.24, 2.45) is 0 Å². The van der Waals surface area contributed by atoms with Gasteiger partial charge in [0, 0.05) is 28.7 Å². The Labute approximate surface area is 190 Å². The maximum absolute atomic E-state index is 6.24. The predicted octanol–water partition coefficient (Wildman–Crippen LogP) is 6.94. The van der Waals surface area contributed by atoms with Gasteiger partial charge < -0.3 is 14.8 Å². The molecule has 6 heteroatoms. The van der Waals surface area contributed by atoms with Crippen LogP contribution in [-0.2, 0) is 19.7 Å². The summed E-state index contributed by atoms with van der Waals surface area (Å²) in [5.74, 6) is 1.26. The number of aryl methyl sites for hydroxylation is 1. The Kier molecular flexibility index (Phi) is 7.84. The molecular weight excluding hydrogens is 473 g/mol. The van der Waals surface area contributed by atoms with Crippen LogP contribution in [0.25, 0.3) is 0 Å². The number of benzene rings is 3. The van der Waals surface area contributed by atoms with E-state index in [2.05, 4.69) is 52.4 Å². The van der Waals surface area contributed by atoms with Gasteiger partial charge in [-0.1, -0.05) is 59.1 Å². The van der Waals surface area contributed by atoms with Gasteiger partial charge in [-0.3, -0.25) is 0 Å². The standard InChI is InChI=1S/C23H22BrCl2NO2/c1-15-6-8-16(9-7-15)12-27-13-17-10-19(24)23(22(11-17)28-2)29-14-18-20(25)4-3-5-21(18)26/h3-11,27H,12-14H2,1-2H3. The van der Waals surface area contributed by atoms with Crippen LogP contribution in [0.3, 0.4) is 0 Å². The van der Waals surface area contributed by atoms with Gasteiger partial charge in [0.25, 0.3) is 0 Å². The van der Waals surface area contributed by atoms with Crippen molar-refractivity contribution >= 4 is 39.1 Å². The fourth-order valence-electron chi connectivity index (χ4n) is 2.89. The molecule has 0 spiro atoms. The number of methoxy groups -OCH3 is 1. The molecular formula is C23H22BrCl2NO2. The predicted molar refractivity (Wildman–Crippen MR) is 123 cm³/mol. The van der Waals surface area contributed by atoms with Gasteiger partial charge in [0.2, 0.25) is 0 Å². The van der Waals surface area contributed by atoms with Crippen molar-refractivity contribution in [1.29, 1.82) is 0 Å². The summed E-state index contributed by atoms with van der Waals surface area (Å²) in [6, 6.07) is 17.9. The average molecular weight is 495 g/mol. The van der Waals surface area contributed by atoms with Crippen molar-refractivity contribution in [1.82, 2.24) is 5.32 Å². The lowest BCUT2D eigenvalue weighted by molar-refractivity contribution is 0.282. The zero-order chi connectivity index (χ0) is 20.8. The van der Waals surface area contributed by atoms with Crippen molar-refractivity contribution in [2.75, 3.05) is 7.11 Å². The second kappa shape index (κ2) is 10.4. The van der Waals surface area contributed by atoms with Crippen molar-refractivity contribution in [3.05, 3.63) is 91.4 Å². The third-order valence-electron chi connectivity index (χ3n) is 4.49. The van der Waals surface area contributed by atoms with Crippen molar-refractivity contribution in [2.45, 2.75) is 26.6 Å². The SMILES string of the molecule is COc1cc(CNCc2ccc(C)cc2)cc(Br)c1OCc1c(Cl)cccc1Cl. The largest absolute Gasteiger partial charge is 0.493 e. The lowest BCUT2D eigenvalue weighted by atomic mass is 10.1. The first-order valence-corrected chi connectivity index (χ1v) is 10.7. The number of ether oxygens (including phenoxy) is 2. The summed E-state index contributed by atoms with van der Waals surface area (Å²) in [5, 5.41) is 4.60. The molecule has 3 nitrogen and oxygen atoms in total. The third-order valence-corrected chi connectivity index (χ3v) is 5.79. The summed E-state index contributed by atoms with van der Waals surface area (Å²) in [4.78, 5) is 0. The van der Waals surface area contributed by atoms with E-state index in [0.29, 0.717) is 28.1 Å². The van der Waals surface area contributed by atoms with Crippen molar-refractivity contribution in [3.8, 4) is 11.5 Å². The van der Waals surface area contributed by atoms with Crippen LogP contribution in [0.4, 0.5) is 0 Å². The van der Waals surface area contributed by atoms with E-state index in [1.54, 1.807) is 19.2 Å². The molecule has 152 valence electrons. The minimum absolute atomic E-state index is 0.248. The van der Waals surface area contributed by atoms with Gasteiger partial charge in [-0.05, 0) is 58.2 Å². The fraction of sp³-hybridized carbons (Fsp3) is 0.217. The summed E-state index contributed by atoms with van der Waals surface area (Å²) in [7, 11) is 1.63. The Balaban J connectivity index is 1.67. The third kappa shape index (κ3) is 5.89. The quantitative estimate of drug-likeness (QED) is 0.367. The molecule has 3 aromatic carbocycles. The van der Waals surface area contributed by atoms with Gasteiger partial charge in [-0.25, -0.2) is 0 Å². The molecule has 0 saturated carbocycles. The van der Waals surface area contributed by atoms with E-state index in [9.17, 15) is 0 Å². The first kappa shape index (κ1) is 22.0. The molecule has 0 heterocycles. The van der Waals surface area contributed by atoms with Gasteiger partial charge in [-0.15, -0.1) is 0 Å². The molecule has 3 rings (SSSR count). The van der Waals surface area contributed by atoms with E-state index in [-0.39, 0.29) is 6.61 Å². The van der Waals surface area contributed by atoms with Gasteiger partial charge in [0.05, 0.1) is 11.6 Å². The van der Waals surface area contributed by atoms with Gasteiger partial charge in [0.15, 0.2) is 11.5 Å². The Bertz CT molecular complexity index is 957. The van der Waals surface area contributed by atoms with Crippen LogP contribution in [0.1, 0.15) is 22.3 Å². The van der Waals surface area contributed by atoms with E-state index in [4.69, 9.17) is 32.7 Å². The molecule has 3 aromatic rings. The minimum Gasteiger partial charge on any atom is -0.493 e. The topological polar surface area (TPSA) is 30.5 Å². The summed E-state index contributed by atoms with van der Waals surface area (Å²) in [5.41, 5.74) is 4.34. The monoisotopic (exact) mass is 493 g/mol. The Morgan fingerprint density at radius 1 is 0.931 bits per heavy atom. The van der Waals surface area contributed by atoms with Crippen molar-refractivity contribution in [3.63, 3.8) is 0 Å². The summed E-state index contributed by atoms with van der Waals surface area (Å²) >= 11 is 16.1. The van der Waals surface area contributed by atoms with Gasteiger partial charge in [-0.2, -0.15) is 0 Å². The highest BCUT2D eigenvalue weighted by Gasteiger charge is 2.14. The molecule has 0 aromatic heterocycles. The molecule has 0 aliphatic rings. The number of halogens is 3. The lowest BCUT2D eigenvalue weighted by Gasteiger charge is -2.16. The van der Waals surface area contributed by atoms with Crippen LogP contribution < -0.4 is 14.8 Å². The van der Waals surface area contributed by atoms with Crippen LogP contribution in [0.5, 0.6) is 11.5 Å². The molecule has 0 aliphatic heterocycles. The van der Waals surface area contributed by atoms with Crippen molar-refractivity contribution < 1.29 is 9.47 Å². The van der Waals surface area contributed by atoms with E-state index in [0.717, 1.165) is 22.1 Å². The Morgan fingerprint density at radius 2 is 1.59 bits per heavy atom. The molecule has 1 N–H and O–H groups in total. The Morgan fingerprint density at radius 3 is 2.24 bits per heavy atom. The van der Waals surface area contributed by atoms with E-state index >= 15 is 0 Å². The Hall–Kier alpha value is -1.72. The van der Waals surface area contributed by atoms with E-state index in [1.165, 1.54) is 11.1 Å². The first-order valence-electron chi connectivity index (χ1n) is 9.16. The minimum atomic E-state index is 0.248. The smallest absolute Gasteiger partial charge is 0.175 e. The highest BCUT2D eigenvalue weighted by molar-refractivity contribution is 9.10. The molecule has 29 heavy (non-hydrogen) atoms. The van der Waals surface area contributed by atoms with E-state index in [1.807, 2.05) is 18.2 Å². The molecule has 0 aliphatic carbocycles. The van der Waals surface area contributed by atoms with Crippen LogP contribution in [-0.4, -0.2) is 7.11 Å². The lowest BCUT2D eigenvalue weighted by Crippen LogP contribution is -2.13. The maximum Gasteiger partial charge on any atom is 0.175 e. The zero-order valence-electron chi connectivity index (χ0n) is 16.3. The molecule has 0 saturated heterocycles. The number of rotatable bonds is 8. The number of hydrogen-bond acceptors (Lipinski definition) is 3. The molecule has 0 amide bonds. The summed E-state index contributed by atoms with van der Waals surface area (Å²) in [6.07, 6.45) is 0. The number of nitrogens with one attached hydrogen (secondary N) is 1. The second-order valence-electron chi connectivity index (χ2n) is 6.69. The molecule has 0 bridgehead atoms. The van der Waals surface area contributed by atoms with E-state index < -0.39 is 0 Å². The second-order valence-corrected chi connectivity index (χ2v) is 8.36. The average Bonchev–Trinajstić information content (AvgIpc) is 2.70. The van der Waals surface area contributed by atoms with Crippen LogP contribution >= 0.6 is 39.1 Å². The fourth-order valence-corrected chi connectivity index (χ4v) is 4.00. The van der Waals surface area contributed by atoms with Crippen LogP contribution in [0, 0.1) is 6.92 Å². The zero-order valence-corrected chi connectivity index (χ0v) is 19.4. The maximum atomic E-state index is 6.24. The molecule has 0 fully saturated rings.